The maximum Gasteiger partial charge on any atom is 0.256 e. The molecular formula is C24H26ClN3O3. The maximum absolute atomic E-state index is 13.4. The summed E-state index contributed by atoms with van der Waals surface area (Å²) in [7, 11) is 0. The van der Waals surface area contributed by atoms with Crippen LogP contribution in [0.4, 0.5) is 5.69 Å². The van der Waals surface area contributed by atoms with Crippen LogP contribution in [0.5, 0.6) is 0 Å². The molecule has 0 aliphatic carbocycles. The molecule has 3 amide bonds. The zero-order chi connectivity index (χ0) is 22.3. The van der Waals surface area contributed by atoms with Gasteiger partial charge in [0.2, 0.25) is 11.8 Å². The Bertz CT molecular complexity index is 1060. The quantitative estimate of drug-likeness (QED) is 0.767. The van der Waals surface area contributed by atoms with Gasteiger partial charge in [-0.2, -0.15) is 0 Å². The Kier molecular flexibility index (Phi) is 5.52. The Hall–Kier alpha value is -2.86. The van der Waals surface area contributed by atoms with Gasteiger partial charge in [0.05, 0.1) is 17.8 Å². The summed E-state index contributed by atoms with van der Waals surface area (Å²) < 4.78 is 0. The van der Waals surface area contributed by atoms with E-state index in [1.165, 1.54) is 0 Å². The topological polar surface area (TPSA) is 69.7 Å². The number of halogens is 1. The third-order valence-electron chi connectivity index (χ3n) is 5.64. The number of fused-ring (bicyclic) bond motifs is 2. The van der Waals surface area contributed by atoms with Gasteiger partial charge in [-0.1, -0.05) is 50.6 Å². The van der Waals surface area contributed by atoms with Crippen LogP contribution in [-0.4, -0.2) is 53.2 Å². The summed E-state index contributed by atoms with van der Waals surface area (Å²) in [5.41, 5.74) is 2.54. The molecule has 1 saturated heterocycles. The van der Waals surface area contributed by atoms with Gasteiger partial charge >= 0.3 is 0 Å². The van der Waals surface area contributed by atoms with Crippen molar-refractivity contribution in [3.63, 3.8) is 0 Å². The summed E-state index contributed by atoms with van der Waals surface area (Å²) in [4.78, 5) is 42.3. The number of nitrogens with zero attached hydrogens (tertiary/aromatic N) is 2. The van der Waals surface area contributed by atoms with Crippen molar-refractivity contribution >= 4 is 35.0 Å². The molecule has 2 heterocycles. The van der Waals surface area contributed by atoms with Gasteiger partial charge in [-0.05, 0) is 40.8 Å². The molecule has 2 aromatic rings. The van der Waals surface area contributed by atoms with E-state index in [1.54, 1.807) is 28.0 Å². The molecule has 0 radical (unpaired) electrons. The summed E-state index contributed by atoms with van der Waals surface area (Å²) >= 11 is 6.12. The fourth-order valence-electron chi connectivity index (χ4n) is 4.09. The molecule has 1 atom stereocenters. The van der Waals surface area contributed by atoms with E-state index in [9.17, 15) is 14.4 Å². The Labute approximate surface area is 187 Å². The van der Waals surface area contributed by atoms with Crippen molar-refractivity contribution in [3.05, 3.63) is 53.1 Å². The Morgan fingerprint density at radius 3 is 2.55 bits per heavy atom. The van der Waals surface area contributed by atoms with Crippen LogP contribution in [0.2, 0.25) is 5.02 Å². The molecule has 31 heavy (non-hydrogen) atoms. The number of anilines is 1. The van der Waals surface area contributed by atoms with Crippen LogP contribution in [0.25, 0.3) is 11.1 Å². The summed E-state index contributed by atoms with van der Waals surface area (Å²) in [6.07, 6.45) is 0.401. The second-order valence-electron chi connectivity index (χ2n) is 9.35. The van der Waals surface area contributed by atoms with Crippen LogP contribution in [-0.2, 0) is 9.59 Å². The minimum absolute atomic E-state index is 0.0115. The molecule has 4 rings (SSSR count). The molecule has 0 spiro atoms. The Balaban J connectivity index is 1.61. The van der Waals surface area contributed by atoms with Crippen molar-refractivity contribution in [1.29, 1.82) is 0 Å². The monoisotopic (exact) mass is 439 g/mol. The van der Waals surface area contributed by atoms with E-state index in [1.807, 2.05) is 45.0 Å². The lowest BCUT2D eigenvalue weighted by atomic mass is 9.91. The number of carbonyl (C=O) groups excluding carboxylic acids is 3. The van der Waals surface area contributed by atoms with Crippen molar-refractivity contribution in [1.82, 2.24) is 9.80 Å². The lowest BCUT2D eigenvalue weighted by Gasteiger charge is -2.40. The van der Waals surface area contributed by atoms with Crippen LogP contribution in [0.3, 0.4) is 0 Å². The summed E-state index contributed by atoms with van der Waals surface area (Å²) in [5, 5.41) is 3.50. The van der Waals surface area contributed by atoms with E-state index in [2.05, 4.69) is 5.32 Å². The zero-order valence-corrected chi connectivity index (χ0v) is 18.7. The van der Waals surface area contributed by atoms with Crippen LogP contribution in [0.15, 0.2) is 42.5 Å². The standard InChI is InChI=1S/C24H26ClN3O3/c1-24(2,3)13-21(29)27-9-10-28-20(14-27)22(30)26-19-8-7-16(12-18(19)23(28)31)15-5-4-6-17(25)11-15/h4-8,11-12,20H,9-10,13-14H2,1-3H3,(H,26,30). The number of piperazine rings is 1. The minimum atomic E-state index is -0.702. The van der Waals surface area contributed by atoms with Crippen LogP contribution in [0, 0.1) is 5.41 Å². The van der Waals surface area contributed by atoms with E-state index in [0.717, 1.165) is 11.1 Å². The van der Waals surface area contributed by atoms with Gasteiger partial charge in [-0.15, -0.1) is 0 Å². The second-order valence-corrected chi connectivity index (χ2v) is 9.79. The molecule has 162 valence electrons. The van der Waals surface area contributed by atoms with Gasteiger partial charge in [0, 0.05) is 24.5 Å². The van der Waals surface area contributed by atoms with Gasteiger partial charge in [-0.3, -0.25) is 14.4 Å². The largest absolute Gasteiger partial charge is 0.338 e. The number of rotatable bonds is 2. The highest BCUT2D eigenvalue weighted by molar-refractivity contribution is 6.30. The van der Waals surface area contributed by atoms with Crippen molar-refractivity contribution in [3.8, 4) is 11.1 Å². The fourth-order valence-corrected chi connectivity index (χ4v) is 4.28. The maximum atomic E-state index is 13.4. The average molecular weight is 440 g/mol. The van der Waals surface area contributed by atoms with Gasteiger partial charge < -0.3 is 15.1 Å². The highest BCUT2D eigenvalue weighted by Gasteiger charge is 2.40. The van der Waals surface area contributed by atoms with Crippen LogP contribution < -0.4 is 5.32 Å². The van der Waals surface area contributed by atoms with E-state index in [-0.39, 0.29) is 29.7 Å². The molecule has 1 N–H and O–H groups in total. The predicted octanol–water partition coefficient (Wildman–Crippen LogP) is 4.05. The van der Waals surface area contributed by atoms with Gasteiger partial charge in [0.15, 0.2) is 0 Å². The average Bonchev–Trinajstić information content (AvgIpc) is 2.81. The highest BCUT2D eigenvalue weighted by atomic mass is 35.5. The molecule has 0 aromatic heterocycles. The van der Waals surface area contributed by atoms with E-state index >= 15 is 0 Å². The zero-order valence-electron chi connectivity index (χ0n) is 17.9. The minimum Gasteiger partial charge on any atom is -0.338 e. The lowest BCUT2D eigenvalue weighted by molar-refractivity contribution is -0.137. The van der Waals surface area contributed by atoms with Gasteiger partial charge in [0.25, 0.3) is 5.91 Å². The van der Waals surface area contributed by atoms with Crippen molar-refractivity contribution < 1.29 is 14.4 Å². The summed E-state index contributed by atoms with van der Waals surface area (Å²) in [6, 6.07) is 12.1. The summed E-state index contributed by atoms with van der Waals surface area (Å²) in [5.74, 6) is -0.460. The molecular weight excluding hydrogens is 414 g/mol. The Morgan fingerprint density at radius 2 is 1.84 bits per heavy atom. The molecule has 0 saturated carbocycles. The van der Waals surface area contributed by atoms with Crippen molar-refractivity contribution in [2.24, 2.45) is 5.41 Å². The number of hydrogen-bond donors (Lipinski definition) is 1. The lowest BCUT2D eigenvalue weighted by Crippen LogP contribution is -2.59. The first-order valence-corrected chi connectivity index (χ1v) is 10.8. The molecule has 2 aromatic carbocycles. The molecule has 1 unspecified atom stereocenters. The highest BCUT2D eigenvalue weighted by Crippen LogP contribution is 2.31. The fraction of sp³-hybridized carbons (Fsp3) is 0.375. The number of carbonyl (C=O) groups is 3. The first-order chi connectivity index (χ1) is 14.6. The first kappa shape index (κ1) is 21.4. The molecule has 2 aliphatic heterocycles. The van der Waals surface area contributed by atoms with Crippen molar-refractivity contribution in [2.75, 3.05) is 25.0 Å². The Morgan fingerprint density at radius 1 is 1.10 bits per heavy atom. The SMILES string of the molecule is CC(C)(C)CC(=O)N1CCN2C(=O)c3cc(-c4cccc(Cl)c4)ccc3NC(=O)C2C1. The number of amides is 3. The van der Waals surface area contributed by atoms with Gasteiger partial charge in [-0.25, -0.2) is 0 Å². The third kappa shape index (κ3) is 4.44. The molecule has 7 heteroatoms. The van der Waals surface area contributed by atoms with E-state index in [4.69, 9.17) is 11.6 Å². The first-order valence-electron chi connectivity index (χ1n) is 10.4. The third-order valence-corrected chi connectivity index (χ3v) is 5.88. The summed E-state index contributed by atoms with van der Waals surface area (Å²) in [6.45, 7) is 6.99. The molecule has 0 bridgehead atoms. The molecule has 6 nitrogen and oxygen atoms in total. The van der Waals surface area contributed by atoms with Crippen LogP contribution in [0.1, 0.15) is 37.6 Å². The van der Waals surface area contributed by atoms with E-state index < -0.39 is 6.04 Å². The smallest absolute Gasteiger partial charge is 0.256 e. The normalized spacial score (nSPS) is 18.8. The molecule has 2 aliphatic rings. The number of hydrogen-bond acceptors (Lipinski definition) is 3. The number of benzene rings is 2. The molecule has 1 fully saturated rings. The van der Waals surface area contributed by atoms with Crippen LogP contribution >= 0.6 is 11.6 Å². The second kappa shape index (κ2) is 8.00. The number of nitrogens with one attached hydrogen (secondary N) is 1. The predicted molar refractivity (Wildman–Crippen MR) is 121 cm³/mol. The van der Waals surface area contributed by atoms with Crippen molar-refractivity contribution in [2.45, 2.75) is 33.2 Å². The van der Waals surface area contributed by atoms with E-state index in [0.29, 0.717) is 35.8 Å². The van der Waals surface area contributed by atoms with Gasteiger partial charge in [0.1, 0.15) is 6.04 Å².